The molecule has 1 aliphatic heterocycles. The standard InChI is InChI=1S/C18H23N5OS/c1-12-9-23(5)17(25-11-12)22-15(13(6-19)10-24)14-7-20-16(21-8-14)18(2,3)4/h7-8,10,12H,9,11H2,1-5H3/b15-13-,22-17?. The molecule has 0 spiro atoms. The number of aromatic nitrogens is 2. The van der Waals surface area contributed by atoms with Gasteiger partial charge in [0.1, 0.15) is 17.5 Å². The zero-order valence-corrected chi connectivity index (χ0v) is 16.1. The smallest absolute Gasteiger partial charge is 0.164 e. The first-order valence-corrected chi connectivity index (χ1v) is 9.10. The molecule has 2 heterocycles. The van der Waals surface area contributed by atoms with Gasteiger partial charge in [-0.3, -0.25) is 4.79 Å². The lowest BCUT2D eigenvalue weighted by Crippen LogP contribution is -2.35. The minimum Gasteiger partial charge on any atom is -0.354 e. The van der Waals surface area contributed by atoms with Crippen LogP contribution in [0.3, 0.4) is 0 Å². The Balaban J connectivity index is 2.47. The van der Waals surface area contributed by atoms with E-state index in [1.165, 1.54) is 0 Å². The number of amidine groups is 1. The largest absolute Gasteiger partial charge is 0.354 e. The van der Waals surface area contributed by atoms with Crippen molar-refractivity contribution in [1.29, 1.82) is 5.26 Å². The van der Waals surface area contributed by atoms with E-state index in [-0.39, 0.29) is 11.0 Å². The van der Waals surface area contributed by atoms with Gasteiger partial charge in [-0.15, -0.1) is 0 Å². The third-order valence-electron chi connectivity index (χ3n) is 3.71. The van der Waals surface area contributed by atoms with Gasteiger partial charge in [-0.25, -0.2) is 15.0 Å². The topological polar surface area (TPSA) is 82.2 Å². The molecule has 1 unspecified atom stereocenters. The summed E-state index contributed by atoms with van der Waals surface area (Å²) in [7, 11) is 1.96. The molecule has 6 nitrogen and oxygen atoms in total. The molecule has 0 bridgehead atoms. The highest BCUT2D eigenvalue weighted by Gasteiger charge is 2.22. The molecule has 1 atom stereocenters. The molecule has 0 aliphatic carbocycles. The Kier molecular flexibility index (Phi) is 5.96. The highest BCUT2D eigenvalue weighted by Crippen LogP contribution is 2.26. The van der Waals surface area contributed by atoms with Crippen LogP contribution in [-0.4, -0.2) is 45.7 Å². The summed E-state index contributed by atoms with van der Waals surface area (Å²) >= 11 is 1.62. The van der Waals surface area contributed by atoms with Crippen molar-refractivity contribution in [3.63, 3.8) is 0 Å². The fourth-order valence-corrected chi connectivity index (χ4v) is 3.38. The minimum atomic E-state index is -0.174. The summed E-state index contributed by atoms with van der Waals surface area (Å²) in [5.41, 5.74) is 0.693. The second-order valence-corrected chi connectivity index (χ2v) is 8.22. The quantitative estimate of drug-likeness (QED) is 0.470. The molecule has 1 fully saturated rings. The Morgan fingerprint density at radius 1 is 1.44 bits per heavy atom. The van der Waals surface area contributed by atoms with Crippen molar-refractivity contribution < 1.29 is 4.79 Å². The van der Waals surface area contributed by atoms with Crippen LogP contribution in [-0.2, 0) is 10.2 Å². The molecule has 132 valence electrons. The van der Waals surface area contributed by atoms with Gasteiger partial charge in [-0.1, -0.05) is 39.5 Å². The Morgan fingerprint density at radius 2 is 2.08 bits per heavy atom. The second kappa shape index (κ2) is 7.79. The Bertz CT molecular complexity index is 740. The highest BCUT2D eigenvalue weighted by atomic mass is 32.2. The van der Waals surface area contributed by atoms with Crippen molar-refractivity contribution in [2.75, 3.05) is 19.3 Å². The lowest BCUT2D eigenvalue weighted by Gasteiger charge is -2.30. The average molecular weight is 357 g/mol. The third-order valence-corrected chi connectivity index (χ3v) is 5.10. The van der Waals surface area contributed by atoms with Crippen LogP contribution in [0.5, 0.6) is 0 Å². The van der Waals surface area contributed by atoms with E-state index in [4.69, 9.17) is 0 Å². The van der Waals surface area contributed by atoms with Crippen LogP contribution < -0.4 is 0 Å². The van der Waals surface area contributed by atoms with Gasteiger partial charge < -0.3 is 4.90 Å². The molecular formula is C18H23N5OS. The van der Waals surface area contributed by atoms with Crippen LogP contribution in [0.25, 0.3) is 5.70 Å². The fourth-order valence-electron chi connectivity index (χ4n) is 2.39. The molecule has 1 aromatic rings. The van der Waals surface area contributed by atoms with Crippen molar-refractivity contribution in [1.82, 2.24) is 14.9 Å². The monoisotopic (exact) mass is 357 g/mol. The maximum Gasteiger partial charge on any atom is 0.164 e. The molecule has 2 rings (SSSR count). The van der Waals surface area contributed by atoms with E-state index >= 15 is 0 Å². The molecule has 0 saturated carbocycles. The van der Waals surface area contributed by atoms with Crippen molar-refractivity contribution in [2.45, 2.75) is 33.1 Å². The second-order valence-electron chi connectivity index (χ2n) is 7.23. The number of hydrogen-bond donors (Lipinski definition) is 0. The maximum absolute atomic E-state index is 11.3. The number of carbonyl (C=O) groups is 1. The first kappa shape index (κ1) is 19.1. The van der Waals surface area contributed by atoms with Crippen molar-refractivity contribution in [3.05, 3.63) is 29.4 Å². The molecule has 1 saturated heterocycles. The molecule has 0 radical (unpaired) electrons. The van der Waals surface area contributed by atoms with Gasteiger partial charge >= 0.3 is 0 Å². The first-order valence-electron chi connectivity index (χ1n) is 8.11. The molecule has 0 N–H and O–H groups in total. The van der Waals surface area contributed by atoms with E-state index in [0.717, 1.165) is 17.5 Å². The van der Waals surface area contributed by atoms with Crippen LogP contribution in [0, 0.1) is 17.2 Å². The lowest BCUT2D eigenvalue weighted by molar-refractivity contribution is -0.104. The molecule has 25 heavy (non-hydrogen) atoms. The van der Waals surface area contributed by atoms with Crippen LogP contribution in [0.15, 0.2) is 23.0 Å². The summed E-state index contributed by atoms with van der Waals surface area (Å²) in [4.78, 5) is 26.8. The lowest BCUT2D eigenvalue weighted by atomic mass is 9.95. The Labute approximate surface area is 153 Å². The molecule has 0 amide bonds. The molecule has 1 aromatic heterocycles. The van der Waals surface area contributed by atoms with E-state index in [1.807, 2.05) is 38.8 Å². The third kappa shape index (κ3) is 4.67. The number of nitrogens with zero attached hydrogens (tertiary/aromatic N) is 5. The highest BCUT2D eigenvalue weighted by molar-refractivity contribution is 8.13. The number of aldehydes is 1. The Hall–Kier alpha value is -2.20. The zero-order valence-electron chi connectivity index (χ0n) is 15.3. The molecule has 1 aliphatic rings. The van der Waals surface area contributed by atoms with Crippen LogP contribution in [0.4, 0.5) is 0 Å². The summed E-state index contributed by atoms with van der Waals surface area (Å²) in [5.74, 6) is 2.22. The van der Waals surface area contributed by atoms with Crippen molar-refractivity contribution >= 4 is 28.9 Å². The van der Waals surface area contributed by atoms with Gasteiger partial charge in [-0.05, 0) is 5.92 Å². The predicted molar refractivity (Wildman–Crippen MR) is 101 cm³/mol. The minimum absolute atomic E-state index is 0.0211. The van der Waals surface area contributed by atoms with Gasteiger partial charge in [0.15, 0.2) is 11.5 Å². The van der Waals surface area contributed by atoms with Crippen molar-refractivity contribution in [2.24, 2.45) is 10.9 Å². The number of carbonyl (C=O) groups excluding carboxylic acids is 1. The van der Waals surface area contributed by atoms with Gasteiger partial charge in [-0.2, -0.15) is 5.26 Å². The fraction of sp³-hybridized carbons (Fsp3) is 0.500. The van der Waals surface area contributed by atoms with E-state index in [2.05, 4.69) is 21.9 Å². The van der Waals surface area contributed by atoms with Crippen molar-refractivity contribution in [3.8, 4) is 6.07 Å². The molecule has 0 aromatic carbocycles. The average Bonchev–Trinajstić information content (AvgIpc) is 2.56. The molecule has 7 heteroatoms. The summed E-state index contributed by atoms with van der Waals surface area (Å²) in [5, 5.41) is 10.1. The maximum atomic E-state index is 11.3. The SMILES string of the molecule is CC1CSC(=N/C(=C(/C#N)C=O)c2cnc(C(C)(C)C)nc2)N(C)C1. The van der Waals surface area contributed by atoms with Crippen LogP contribution in [0.1, 0.15) is 39.1 Å². The van der Waals surface area contributed by atoms with Gasteiger partial charge in [0.2, 0.25) is 0 Å². The summed E-state index contributed by atoms with van der Waals surface area (Å²) in [6.07, 6.45) is 3.79. The number of hydrogen-bond acceptors (Lipinski definition) is 6. The predicted octanol–water partition coefficient (Wildman–Crippen LogP) is 2.88. The number of rotatable bonds is 3. The summed E-state index contributed by atoms with van der Waals surface area (Å²) in [6, 6.07) is 1.93. The number of allylic oxidation sites excluding steroid dienone is 1. The summed E-state index contributed by atoms with van der Waals surface area (Å²) in [6.45, 7) is 9.16. The molecular weight excluding hydrogens is 334 g/mol. The number of nitriles is 1. The first-order chi connectivity index (χ1) is 11.8. The van der Waals surface area contributed by atoms with E-state index < -0.39 is 0 Å². The van der Waals surface area contributed by atoms with E-state index in [9.17, 15) is 10.1 Å². The Morgan fingerprint density at radius 3 is 2.56 bits per heavy atom. The normalized spacial score (nSPS) is 20.9. The van der Waals surface area contributed by atoms with Gasteiger partial charge in [0.25, 0.3) is 0 Å². The van der Waals surface area contributed by atoms with Crippen LogP contribution in [0.2, 0.25) is 0 Å². The van der Waals surface area contributed by atoms with Crippen LogP contribution >= 0.6 is 11.8 Å². The zero-order chi connectivity index (χ0) is 18.6. The van der Waals surface area contributed by atoms with Gasteiger partial charge in [0, 0.05) is 42.7 Å². The van der Waals surface area contributed by atoms with Gasteiger partial charge in [0.05, 0.1) is 5.70 Å². The number of aliphatic imine (C=N–C) groups is 1. The van der Waals surface area contributed by atoms with E-state index in [0.29, 0.717) is 29.3 Å². The van der Waals surface area contributed by atoms with E-state index in [1.54, 1.807) is 24.2 Å². The number of thioether (sulfide) groups is 1. The summed E-state index contributed by atoms with van der Waals surface area (Å²) < 4.78 is 0.